The molecule has 0 unspecified atom stereocenters. The predicted molar refractivity (Wildman–Crippen MR) is 101 cm³/mol. The number of hydrogen-bond acceptors (Lipinski definition) is 4. The number of carbonyl (C=O) groups excluding carboxylic acids is 3. The maximum atomic E-state index is 12.7. The van der Waals surface area contributed by atoms with E-state index in [0.717, 1.165) is 0 Å². The van der Waals surface area contributed by atoms with Crippen LogP contribution in [0.5, 0.6) is 0 Å². The molecular formula is C20H18N4O3. The first-order valence-corrected chi connectivity index (χ1v) is 8.44. The summed E-state index contributed by atoms with van der Waals surface area (Å²) in [6, 6.07) is 15.4. The second kappa shape index (κ2) is 7.30. The van der Waals surface area contributed by atoms with E-state index < -0.39 is 17.2 Å². The summed E-state index contributed by atoms with van der Waals surface area (Å²) in [5.41, 5.74) is 0.620. The van der Waals surface area contributed by atoms with Crippen LogP contribution >= 0.6 is 0 Å². The number of benzene rings is 2. The van der Waals surface area contributed by atoms with Gasteiger partial charge in [-0.15, -0.1) is 0 Å². The molecule has 2 aromatic carbocycles. The van der Waals surface area contributed by atoms with Crippen molar-refractivity contribution in [1.29, 1.82) is 5.26 Å². The van der Waals surface area contributed by atoms with Gasteiger partial charge in [0.2, 0.25) is 17.7 Å². The van der Waals surface area contributed by atoms with E-state index in [9.17, 15) is 14.4 Å². The highest BCUT2D eigenvalue weighted by Crippen LogP contribution is 2.47. The molecule has 0 aromatic heterocycles. The largest absolute Gasteiger partial charge is 0.326 e. The number of nitriles is 1. The van der Waals surface area contributed by atoms with Crippen LogP contribution in [0.3, 0.4) is 0 Å². The van der Waals surface area contributed by atoms with E-state index in [0.29, 0.717) is 35.5 Å². The van der Waals surface area contributed by atoms with Crippen LogP contribution in [-0.4, -0.2) is 17.7 Å². The summed E-state index contributed by atoms with van der Waals surface area (Å²) >= 11 is 0. The first-order valence-electron chi connectivity index (χ1n) is 8.44. The highest BCUT2D eigenvalue weighted by molar-refractivity contribution is 6.17. The lowest BCUT2D eigenvalue weighted by atomic mass is 10.0. The van der Waals surface area contributed by atoms with Crippen LogP contribution in [0.4, 0.5) is 17.1 Å². The Hall–Kier alpha value is -3.66. The Bertz CT molecular complexity index is 958. The number of carbonyl (C=O) groups is 3. The molecule has 7 heteroatoms. The molecule has 1 saturated carbocycles. The SMILES string of the molecule is CC(=O)Nc1cccc(NC(=O)C2(C(=O)Nc3ccccc3C#N)CC2)c1. The fourth-order valence-electron chi connectivity index (χ4n) is 2.74. The van der Waals surface area contributed by atoms with E-state index in [2.05, 4.69) is 16.0 Å². The lowest BCUT2D eigenvalue weighted by Crippen LogP contribution is -2.35. The normalized spacial score (nSPS) is 13.8. The van der Waals surface area contributed by atoms with Gasteiger partial charge in [0.1, 0.15) is 11.5 Å². The summed E-state index contributed by atoms with van der Waals surface area (Å²) < 4.78 is 0. The van der Waals surface area contributed by atoms with Crippen LogP contribution in [0.2, 0.25) is 0 Å². The Kier molecular flexibility index (Phi) is 4.90. The first kappa shape index (κ1) is 18.1. The van der Waals surface area contributed by atoms with E-state index in [1.165, 1.54) is 6.92 Å². The number of nitrogens with one attached hydrogen (secondary N) is 3. The fourth-order valence-corrected chi connectivity index (χ4v) is 2.74. The number of hydrogen-bond donors (Lipinski definition) is 3. The van der Waals surface area contributed by atoms with Gasteiger partial charge < -0.3 is 16.0 Å². The van der Waals surface area contributed by atoms with Gasteiger partial charge >= 0.3 is 0 Å². The Labute approximate surface area is 156 Å². The summed E-state index contributed by atoms with van der Waals surface area (Å²) in [5, 5.41) is 17.2. The molecule has 2 aromatic rings. The quantitative estimate of drug-likeness (QED) is 0.710. The van der Waals surface area contributed by atoms with Gasteiger partial charge in [0, 0.05) is 18.3 Å². The zero-order valence-corrected chi connectivity index (χ0v) is 14.7. The van der Waals surface area contributed by atoms with E-state index in [1.807, 2.05) is 6.07 Å². The minimum absolute atomic E-state index is 0.215. The molecule has 136 valence electrons. The molecular weight excluding hydrogens is 344 g/mol. The second-order valence-corrected chi connectivity index (χ2v) is 6.41. The van der Waals surface area contributed by atoms with Gasteiger partial charge in [-0.1, -0.05) is 18.2 Å². The van der Waals surface area contributed by atoms with Crippen LogP contribution in [0.1, 0.15) is 25.3 Å². The minimum Gasteiger partial charge on any atom is -0.326 e. The van der Waals surface area contributed by atoms with E-state index in [4.69, 9.17) is 5.26 Å². The molecule has 3 N–H and O–H groups in total. The number of para-hydroxylation sites is 1. The van der Waals surface area contributed by atoms with Gasteiger partial charge in [-0.05, 0) is 43.2 Å². The zero-order chi connectivity index (χ0) is 19.4. The third-order valence-electron chi connectivity index (χ3n) is 4.36. The number of rotatable bonds is 5. The predicted octanol–water partition coefficient (Wildman–Crippen LogP) is 2.87. The Morgan fingerprint density at radius 1 is 0.926 bits per heavy atom. The Balaban J connectivity index is 1.72. The van der Waals surface area contributed by atoms with Crippen molar-refractivity contribution in [3.8, 4) is 6.07 Å². The molecule has 0 radical (unpaired) electrons. The number of amides is 3. The molecule has 0 heterocycles. The van der Waals surface area contributed by atoms with Crippen LogP contribution in [0.15, 0.2) is 48.5 Å². The van der Waals surface area contributed by atoms with E-state index >= 15 is 0 Å². The standard InChI is InChI=1S/C20H18N4O3/c1-13(25)22-15-6-4-7-16(11-15)23-18(26)20(9-10-20)19(27)24-17-8-3-2-5-14(17)12-21/h2-8,11H,9-10H2,1H3,(H,22,25)(H,23,26)(H,24,27). The summed E-state index contributed by atoms with van der Waals surface area (Å²) in [6.45, 7) is 1.40. The van der Waals surface area contributed by atoms with Gasteiger partial charge in [-0.3, -0.25) is 14.4 Å². The van der Waals surface area contributed by atoms with Crippen molar-refractivity contribution in [2.75, 3.05) is 16.0 Å². The third kappa shape index (κ3) is 3.96. The van der Waals surface area contributed by atoms with Gasteiger partial charge in [0.05, 0.1) is 11.3 Å². The molecule has 1 aliphatic carbocycles. The maximum Gasteiger partial charge on any atom is 0.240 e. The molecule has 0 saturated heterocycles. The molecule has 7 nitrogen and oxygen atoms in total. The van der Waals surface area contributed by atoms with Crippen LogP contribution in [-0.2, 0) is 14.4 Å². The molecule has 0 atom stereocenters. The highest BCUT2D eigenvalue weighted by atomic mass is 16.2. The molecule has 0 spiro atoms. The van der Waals surface area contributed by atoms with Crippen LogP contribution in [0, 0.1) is 16.7 Å². The lowest BCUT2D eigenvalue weighted by Gasteiger charge is -2.16. The summed E-state index contributed by atoms with van der Waals surface area (Å²) in [7, 11) is 0. The topological polar surface area (TPSA) is 111 Å². The van der Waals surface area contributed by atoms with Gasteiger partial charge in [-0.25, -0.2) is 0 Å². The minimum atomic E-state index is -1.15. The average Bonchev–Trinajstić information content (AvgIpc) is 3.44. The van der Waals surface area contributed by atoms with Crippen molar-refractivity contribution < 1.29 is 14.4 Å². The van der Waals surface area contributed by atoms with Gasteiger partial charge in [0.15, 0.2) is 0 Å². The molecule has 1 fully saturated rings. The molecule has 3 amide bonds. The van der Waals surface area contributed by atoms with Crippen molar-refractivity contribution in [2.24, 2.45) is 5.41 Å². The van der Waals surface area contributed by atoms with E-state index in [1.54, 1.807) is 48.5 Å². The molecule has 1 aliphatic rings. The van der Waals surface area contributed by atoms with Gasteiger partial charge in [0.25, 0.3) is 0 Å². The Morgan fingerprint density at radius 3 is 2.19 bits per heavy atom. The summed E-state index contributed by atoms with van der Waals surface area (Å²) in [6.07, 6.45) is 0.871. The van der Waals surface area contributed by atoms with Crippen molar-refractivity contribution in [1.82, 2.24) is 0 Å². The third-order valence-corrected chi connectivity index (χ3v) is 4.36. The van der Waals surface area contributed by atoms with Crippen LogP contribution in [0.25, 0.3) is 0 Å². The Morgan fingerprint density at radius 2 is 1.56 bits per heavy atom. The summed E-state index contributed by atoms with van der Waals surface area (Å²) in [4.78, 5) is 36.5. The van der Waals surface area contributed by atoms with E-state index in [-0.39, 0.29) is 5.91 Å². The molecule has 3 rings (SSSR count). The van der Waals surface area contributed by atoms with Crippen molar-refractivity contribution >= 4 is 34.8 Å². The number of nitrogens with zero attached hydrogens (tertiary/aromatic N) is 1. The summed E-state index contributed by atoms with van der Waals surface area (Å²) in [5.74, 6) is -1.05. The first-order chi connectivity index (χ1) is 12.9. The highest BCUT2D eigenvalue weighted by Gasteiger charge is 2.56. The molecule has 0 aliphatic heterocycles. The second-order valence-electron chi connectivity index (χ2n) is 6.41. The van der Waals surface area contributed by atoms with Gasteiger partial charge in [-0.2, -0.15) is 5.26 Å². The van der Waals surface area contributed by atoms with Crippen molar-refractivity contribution in [3.63, 3.8) is 0 Å². The zero-order valence-electron chi connectivity index (χ0n) is 14.7. The molecule has 0 bridgehead atoms. The number of anilines is 3. The maximum absolute atomic E-state index is 12.7. The average molecular weight is 362 g/mol. The van der Waals surface area contributed by atoms with Crippen molar-refractivity contribution in [3.05, 3.63) is 54.1 Å². The smallest absolute Gasteiger partial charge is 0.240 e. The van der Waals surface area contributed by atoms with Crippen molar-refractivity contribution in [2.45, 2.75) is 19.8 Å². The molecule has 27 heavy (non-hydrogen) atoms. The monoisotopic (exact) mass is 362 g/mol. The fraction of sp³-hybridized carbons (Fsp3) is 0.200. The van der Waals surface area contributed by atoms with Crippen LogP contribution < -0.4 is 16.0 Å². The lowest BCUT2D eigenvalue weighted by molar-refractivity contribution is -0.131.